The SMILES string of the molecule is CC(C)CN1CC1COc1ccc(NC(=O)c2cnn(C)c2)cc1. The third-order valence-corrected chi connectivity index (χ3v) is 3.95. The van der Waals surface area contributed by atoms with Crippen molar-refractivity contribution < 1.29 is 9.53 Å². The van der Waals surface area contributed by atoms with E-state index >= 15 is 0 Å². The number of hydrogen-bond acceptors (Lipinski definition) is 4. The van der Waals surface area contributed by atoms with Crippen molar-refractivity contribution in [3.8, 4) is 5.75 Å². The summed E-state index contributed by atoms with van der Waals surface area (Å²) < 4.78 is 7.43. The molecule has 1 aliphatic heterocycles. The Labute approximate surface area is 142 Å². The molecular formula is C18H24N4O2. The molecule has 1 aromatic heterocycles. The van der Waals surface area contributed by atoms with E-state index in [1.165, 1.54) is 0 Å². The fourth-order valence-corrected chi connectivity index (χ4v) is 2.64. The summed E-state index contributed by atoms with van der Waals surface area (Å²) >= 11 is 0. The minimum absolute atomic E-state index is 0.168. The first-order valence-corrected chi connectivity index (χ1v) is 8.28. The molecule has 128 valence electrons. The molecule has 2 aromatic rings. The number of ether oxygens (including phenoxy) is 1. The topological polar surface area (TPSA) is 59.2 Å². The van der Waals surface area contributed by atoms with E-state index < -0.39 is 0 Å². The maximum atomic E-state index is 12.1. The Balaban J connectivity index is 1.46. The lowest BCUT2D eigenvalue weighted by Crippen LogP contribution is -2.15. The molecule has 6 nitrogen and oxygen atoms in total. The van der Waals surface area contributed by atoms with E-state index in [0.717, 1.165) is 24.5 Å². The Morgan fingerprint density at radius 3 is 2.75 bits per heavy atom. The standard InChI is InChI=1S/C18H24N4O2/c1-13(2)9-22-11-16(22)12-24-17-6-4-15(5-7-17)20-18(23)14-8-19-21(3)10-14/h4-8,10,13,16H,9,11-12H2,1-3H3,(H,20,23). The van der Waals surface area contributed by atoms with Gasteiger partial charge in [-0.05, 0) is 30.2 Å². The van der Waals surface area contributed by atoms with Crippen molar-refractivity contribution in [1.82, 2.24) is 14.7 Å². The zero-order valence-electron chi connectivity index (χ0n) is 14.4. The number of aryl methyl sites for hydroxylation is 1. The van der Waals surface area contributed by atoms with Gasteiger partial charge in [-0.3, -0.25) is 14.4 Å². The van der Waals surface area contributed by atoms with E-state index in [0.29, 0.717) is 24.1 Å². The molecule has 1 fully saturated rings. The van der Waals surface area contributed by atoms with Gasteiger partial charge in [0.2, 0.25) is 0 Å². The van der Waals surface area contributed by atoms with Crippen LogP contribution < -0.4 is 10.1 Å². The number of rotatable bonds is 7. The normalized spacial score (nSPS) is 19.3. The lowest BCUT2D eigenvalue weighted by molar-refractivity contribution is 0.102. The van der Waals surface area contributed by atoms with Crippen molar-refractivity contribution in [1.29, 1.82) is 0 Å². The molecule has 1 N–H and O–H groups in total. The maximum absolute atomic E-state index is 12.1. The second kappa shape index (κ2) is 7.05. The first kappa shape index (κ1) is 16.5. The fraction of sp³-hybridized carbons (Fsp3) is 0.444. The van der Waals surface area contributed by atoms with Crippen LogP contribution >= 0.6 is 0 Å². The highest BCUT2D eigenvalue weighted by atomic mass is 16.5. The number of nitrogens with zero attached hydrogens (tertiary/aromatic N) is 3. The van der Waals surface area contributed by atoms with Crippen LogP contribution in [0, 0.1) is 5.92 Å². The molecule has 3 rings (SSSR count). The number of nitrogens with one attached hydrogen (secondary N) is 1. The maximum Gasteiger partial charge on any atom is 0.258 e. The summed E-state index contributed by atoms with van der Waals surface area (Å²) in [5, 5.41) is 6.84. The van der Waals surface area contributed by atoms with Gasteiger partial charge in [0.05, 0.1) is 17.8 Å². The smallest absolute Gasteiger partial charge is 0.258 e. The largest absolute Gasteiger partial charge is 0.492 e. The lowest BCUT2D eigenvalue weighted by Gasteiger charge is -2.09. The molecule has 1 amide bonds. The van der Waals surface area contributed by atoms with Gasteiger partial charge in [0, 0.05) is 32.0 Å². The van der Waals surface area contributed by atoms with Crippen LogP contribution in [-0.2, 0) is 7.05 Å². The summed E-state index contributed by atoms with van der Waals surface area (Å²) in [6.45, 7) is 7.43. The van der Waals surface area contributed by atoms with Crippen LogP contribution in [0.15, 0.2) is 36.7 Å². The van der Waals surface area contributed by atoms with E-state index in [1.54, 1.807) is 24.1 Å². The highest BCUT2D eigenvalue weighted by Crippen LogP contribution is 2.22. The summed E-state index contributed by atoms with van der Waals surface area (Å²) in [5.74, 6) is 1.35. The molecule has 2 heterocycles. The van der Waals surface area contributed by atoms with Crippen molar-refractivity contribution in [2.45, 2.75) is 19.9 Å². The predicted molar refractivity (Wildman–Crippen MR) is 93.3 cm³/mol. The lowest BCUT2D eigenvalue weighted by atomic mass is 10.2. The van der Waals surface area contributed by atoms with Gasteiger partial charge in [-0.1, -0.05) is 13.8 Å². The Morgan fingerprint density at radius 2 is 2.12 bits per heavy atom. The average molecular weight is 328 g/mol. The third kappa shape index (κ3) is 4.35. The van der Waals surface area contributed by atoms with E-state index in [2.05, 4.69) is 29.2 Å². The van der Waals surface area contributed by atoms with Gasteiger partial charge >= 0.3 is 0 Å². The zero-order chi connectivity index (χ0) is 17.1. The van der Waals surface area contributed by atoms with Gasteiger partial charge in [0.25, 0.3) is 5.91 Å². The van der Waals surface area contributed by atoms with Crippen LogP contribution in [0.2, 0.25) is 0 Å². The molecule has 0 radical (unpaired) electrons. The predicted octanol–water partition coefficient (Wildman–Crippen LogP) is 2.39. The van der Waals surface area contributed by atoms with E-state index in [9.17, 15) is 4.79 Å². The Morgan fingerprint density at radius 1 is 1.38 bits per heavy atom. The fourth-order valence-electron chi connectivity index (χ4n) is 2.64. The molecule has 2 atom stereocenters. The number of benzene rings is 1. The second-order valence-corrected chi connectivity index (χ2v) is 6.69. The van der Waals surface area contributed by atoms with Gasteiger partial charge in [-0.15, -0.1) is 0 Å². The van der Waals surface area contributed by atoms with Crippen LogP contribution in [0.1, 0.15) is 24.2 Å². The summed E-state index contributed by atoms with van der Waals surface area (Å²) in [6, 6.07) is 8.00. The molecule has 1 aliphatic rings. The molecule has 6 heteroatoms. The number of carbonyl (C=O) groups excluding carboxylic acids is 1. The molecule has 24 heavy (non-hydrogen) atoms. The van der Waals surface area contributed by atoms with Crippen LogP contribution in [0.4, 0.5) is 5.69 Å². The van der Waals surface area contributed by atoms with Crippen LogP contribution in [0.25, 0.3) is 0 Å². The van der Waals surface area contributed by atoms with Gasteiger partial charge in [0.1, 0.15) is 12.4 Å². The first-order valence-electron chi connectivity index (χ1n) is 8.28. The molecule has 0 aliphatic carbocycles. The monoisotopic (exact) mass is 328 g/mol. The Kier molecular flexibility index (Phi) is 4.85. The van der Waals surface area contributed by atoms with Crippen LogP contribution in [-0.4, -0.2) is 46.3 Å². The second-order valence-electron chi connectivity index (χ2n) is 6.69. The molecule has 0 spiro atoms. The summed E-state index contributed by atoms with van der Waals surface area (Å²) in [4.78, 5) is 14.5. The number of hydrogen-bond donors (Lipinski definition) is 1. The first-order chi connectivity index (χ1) is 11.5. The highest BCUT2D eigenvalue weighted by Gasteiger charge is 2.34. The van der Waals surface area contributed by atoms with Crippen molar-refractivity contribution in [2.75, 3.05) is 25.0 Å². The van der Waals surface area contributed by atoms with Gasteiger partial charge < -0.3 is 10.1 Å². The number of aromatic nitrogens is 2. The van der Waals surface area contributed by atoms with Crippen molar-refractivity contribution in [3.63, 3.8) is 0 Å². The Hall–Kier alpha value is -2.34. The molecule has 1 aromatic carbocycles. The quantitative estimate of drug-likeness (QED) is 0.793. The molecule has 2 unspecified atom stereocenters. The van der Waals surface area contributed by atoms with E-state index in [-0.39, 0.29) is 5.91 Å². The average Bonchev–Trinajstić information content (AvgIpc) is 3.11. The zero-order valence-corrected chi connectivity index (χ0v) is 14.4. The van der Waals surface area contributed by atoms with Gasteiger partial charge in [0.15, 0.2) is 0 Å². The van der Waals surface area contributed by atoms with Crippen molar-refractivity contribution in [3.05, 3.63) is 42.2 Å². The third-order valence-electron chi connectivity index (χ3n) is 3.95. The summed E-state index contributed by atoms with van der Waals surface area (Å²) in [5.41, 5.74) is 1.28. The van der Waals surface area contributed by atoms with Crippen LogP contribution in [0.3, 0.4) is 0 Å². The minimum atomic E-state index is -0.168. The number of carbonyl (C=O) groups is 1. The molecule has 0 saturated carbocycles. The van der Waals surface area contributed by atoms with Crippen molar-refractivity contribution >= 4 is 11.6 Å². The Bertz CT molecular complexity index is 693. The number of amides is 1. The minimum Gasteiger partial charge on any atom is -0.492 e. The van der Waals surface area contributed by atoms with E-state index in [4.69, 9.17) is 4.74 Å². The molecular weight excluding hydrogens is 304 g/mol. The van der Waals surface area contributed by atoms with Gasteiger partial charge in [-0.2, -0.15) is 5.10 Å². The summed E-state index contributed by atoms with van der Waals surface area (Å²) in [7, 11) is 1.78. The molecule has 1 saturated heterocycles. The van der Waals surface area contributed by atoms with E-state index in [1.807, 2.05) is 24.3 Å². The molecule has 0 bridgehead atoms. The van der Waals surface area contributed by atoms with Crippen LogP contribution in [0.5, 0.6) is 5.75 Å². The summed E-state index contributed by atoms with van der Waals surface area (Å²) in [6.07, 6.45) is 3.23. The number of anilines is 1. The van der Waals surface area contributed by atoms with Crippen molar-refractivity contribution in [2.24, 2.45) is 13.0 Å². The van der Waals surface area contributed by atoms with Gasteiger partial charge in [-0.25, -0.2) is 0 Å². The highest BCUT2D eigenvalue weighted by molar-refractivity contribution is 6.03.